The van der Waals surface area contributed by atoms with Crippen LogP contribution in [0.5, 0.6) is 0 Å². The van der Waals surface area contributed by atoms with E-state index in [4.69, 9.17) is 4.74 Å². The predicted molar refractivity (Wildman–Crippen MR) is 69.2 cm³/mol. The molecule has 0 unspecified atom stereocenters. The summed E-state index contributed by atoms with van der Waals surface area (Å²) in [6.45, 7) is 5.34. The topological polar surface area (TPSA) is 93.1 Å². The molecule has 0 aromatic heterocycles. The number of carboxylic acids is 1. The van der Waals surface area contributed by atoms with Crippen molar-refractivity contribution in [2.24, 2.45) is 0 Å². The summed E-state index contributed by atoms with van der Waals surface area (Å²) in [4.78, 5) is 36.3. The summed E-state index contributed by atoms with van der Waals surface area (Å²) in [6.07, 6.45) is -0.390. The van der Waals surface area contributed by atoms with Crippen LogP contribution in [0.3, 0.4) is 0 Å². The third-order valence-corrected chi connectivity index (χ3v) is 3.17. The van der Waals surface area contributed by atoms with Gasteiger partial charge in [-0.05, 0) is 33.6 Å². The average molecular weight is 287 g/mol. The first-order valence-corrected chi connectivity index (χ1v) is 6.43. The molecule has 1 fully saturated rings. The summed E-state index contributed by atoms with van der Waals surface area (Å²) in [5, 5.41) is 9.47. The van der Waals surface area contributed by atoms with Gasteiger partial charge in [0, 0.05) is 6.54 Å². The van der Waals surface area contributed by atoms with Gasteiger partial charge in [-0.1, -0.05) is 0 Å². The van der Waals surface area contributed by atoms with Crippen molar-refractivity contribution in [3.63, 3.8) is 0 Å². The number of likely N-dealkylation sites (tertiary alicyclic amines) is 1. The Kier molecular flexibility index (Phi) is 4.62. The van der Waals surface area contributed by atoms with Crippen LogP contribution in [0.2, 0.25) is 0 Å². The molecule has 0 saturated carbocycles. The molecule has 1 aliphatic rings. The standard InChI is InChI=1S/C13H21NO6/c1-12(2,3)20-11(18)14-7-5-6-13(14,10(16)17)8-9(15)19-4/h5-8H2,1-4H3,(H,16,17)/t13-/m1/s1. The molecule has 1 N–H and O–H groups in total. The average Bonchev–Trinajstić information content (AvgIpc) is 2.71. The summed E-state index contributed by atoms with van der Waals surface area (Å²) in [5.74, 6) is -1.88. The molecule has 0 radical (unpaired) electrons. The maximum absolute atomic E-state index is 12.1. The number of hydrogen-bond donors (Lipinski definition) is 1. The van der Waals surface area contributed by atoms with Crippen molar-refractivity contribution in [2.45, 2.75) is 51.2 Å². The molecule has 7 heteroatoms. The van der Waals surface area contributed by atoms with Gasteiger partial charge in [0.2, 0.25) is 0 Å². The Morgan fingerprint density at radius 2 is 1.90 bits per heavy atom. The highest BCUT2D eigenvalue weighted by atomic mass is 16.6. The molecule has 1 saturated heterocycles. The second-order valence-corrected chi connectivity index (χ2v) is 5.83. The van der Waals surface area contributed by atoms with E-state index in [1.165, 1.54) is 7.11 Å². The highest BCUT2D eigenvalue weighted by Crippen LogP contribution is 2.34. The lowest BCUT2D eigenvalue weighted by Crippen LogP contribution is -2.55. The largest absolute Gasteiger partial charge is 0.479 e. The number of rotatable bonds is 3. The van der Waals surface area contributed by atoms with Crippen LogP contribution in [-0.4, -0.2) is 52.8 Å². The fraction of sp³-hybridized carbons (Fsp3) is 0.769. The molecular formula is C13H21NO6. The highest BCUT2D eigenvalue weighted by molar-refractivity contribution is 5.90. The van der Waals surface area contributed by atoms with E-state index < -0.39 is 29.2 Å². The quantitative estimate of drug-likeness (QED) is 0.789. The minimum absolute atomic E-state index is 0.205. The SMILES string of the molecule is COC(=O)C[C@@]1(C(=O)O)CCCN1C(=O)OC(C)(C)C. The van der Waals surface area contributed by atoms with Crippen molar-refractivity contribution in [2.75, 3.05) is 13.7 Å². The molecule has 1 rings (SSSR count). The summed E-state index contributed by atoms with van der Waals surface area (Å²) < 4.78 is 9.75. The number of carboxylic acid groups (broad SMARTS) is 1. The predicted octanol–water partition coefficient (Wildman–Crippen LogP) is 1.40. The monoisotopic (exact) mass is 287 g/mol. The number of ether oxygens (including phenoxy) is 2. The van der Waals surface area contributed by atoms with Crippen molar-refractivity contribution in [1.82, 2.24) is 4.90 Å². The van der Waals surface area contributed by atoms with E-state index in [1.807, 2.05) is 0 Å². The first-order valence-electron chi connectivity index (χ1n) is 6.43. The fourth-order valence-electron chi connectivity index (χ4n) is 2.25. The molecule has 0 aliphatic carbocycles. The van der Waals surface area contributed by atoms with Gasteiger partial charge in [0.15, 0.2) is 5.54 Å². The van der Waals surface area contributed by atoms with Crippen molar-refractivity contribution in [3.8, 4) is 0 Å². The second-order valence-electron chi connectivity index (χ2n) is 5.83. The van der Waals surface area contributed by atoms with Gasteiger partial charge < -0.3 is 14.6 Å². The van der Waals surface area contributed by atoms with Gasteiger partial charge in [-0.25, -0.2) is 9.59 Å². The van der Waals surface area contributed by atoms with E-state index in [0.29, 0.717) is 6.42 Å². The van der Waals surface area contributed by atoms with E-state index in [1.54, 1.807) is 20.8 Å². The Labute approximate surface area is 117 Å². The molecule has 20 heavy (non-hydrogen) atoms. The number of carbonyl (C=O) groups is 3. The van der Waals surface area contributed by atoms with Crippen molar-refractivity contribution in [3.05, 3.63) is 0 Å². The molecule has 1 amide bonds. The molecule has 1 atom stereocenters. The maximum atomic E-state index is 12.1. The number of aliphatic carboxylic acids is 1. The Hall–Kier alpha value is -1.79. The van der Waals surface area contributed by atoms with E-state index in [2.05, 4.69) is 4.74 Å². The lowest BCUT2D eigenvalue weighted by atomic mass is 9.92. The molecule has 0 bridgehead atoms. The van der Waals surface area contributed by atoms with Gasteiger partial charge in [0.25, 0.3) is 0 Å². The number of carbonyl (C=O) groups excluding carboxylic acids is 2. The summed E-state index contributed by atoms with van der Waals surface area (Å²) in [7, 11) is 1.19. The zero-order valence-corrected chi connectivity index (χ0v) is 12.3. The molecule has 0 aromatic rings. The first kappa shape index (κ1) is 16.3. The van der Waals surface area contributed by atoms with Crippen LogP contribution in [0.4, 0.5) is 4.79 Å². The van der Waals surface area contributed by atoms with E-state index in [9.17, 15) is 19.5 Å². The second kappa shape index (κ2) is 5.68. The van der Waals surface area contributed by atoms with Gasteiger partial charge >= 0.3 is 18.0 Å². The third kappa shape index (κ3) is 3.40. The van der Waals surface area contributed by atoms with Gasteiger partial charge in [0.1, 0.15) is 5.60 Å². The number of methoxy groups -OCH3 is 1. The van der Waals surface area contributed by atoms with Crippen LogP contribution in [-0.2, 0) is 19.1 Å². The van der Waals surface area contributed by atoms with Crippen LogP contribution in [0.25, 0.3) is 0 Å². The zero-order chi connectivity index (χ0) is 15.6. The minimum atomic E-state index is -1.57. The normalized spacial score (nSPS) is 22.5. The van der Waals surface area contributed by atoms with Gasteiger partial charge in [-0.15, -0.1) is 0 Å². The third-order valence-electron chi connectivity index (χ3n) is 3.17. The molecule has 1 heterocycles. The molecule has 7 nitrogen and oxygen atoms in total. The molecule has 0 aromatic carbocycles. The summed E-state index contributed by atoms with van der Waals surface area (Å²) in [6, 6.07) is 0. The van der Waals surface area contributed by atoms with Crippen LogP contribution in [0.1, 0.15) is 40.0 Å². The van der Waals surface area contributed by atoms with E-state index in [0.717, 1.165) is 4.90 Å². The minimum Gasteiger partial charge on any atom is -0.479 e. The lowest BCUT2D eigenvalue weighted by Gasteiger charge is -2.35. The molecule has 114 valence electrons. The van der Waals surface area contributed by atoms with Crippen molar-refractivity contribution < 1.29 is 29.0 Å². The summed E-state index contributed by atoms with van der Waals surface area (Å²) >= 11 is 0. The Balaban J connectivity index is 3.00. The van der Waals surface area contributed by atoms with E-state index >= 15 is 0 Å². The smallest absolute Gasteiger partial charge is 0.411 e. The highest BCUT2D eigenvalue weighted by Gasteiger charge is 2.52. The number of nitrogens with zero attached hydrogens (tertiary/aromatic N) is 1. The fourth-order valence-corrected chi connectivity index (χ4v) is 2.25. The maximum Gasteiger partial charge on any atom is 0.411 e. The van der Waals surface area contributed by atoms with Crippen LogP contribution in [0.15, 0.2) is 0 Å². The van der Waals surface area contributed by atoms with Crippen molar-refractivity contribution in [1.29, 1.82) is 0 Å². The van der Waals surface area contributed by atoms with Crippen LogP contribution in [0, 0.1) is 0 Å². The molecular weight excluding hydrogens is 266 g/mol. The number of amides is 1. The van der Waals surface area contributed by atoms with E-state index in [-0.39, 0.29) is 19.4 Å². The Morgan fingerprint density at radius 1 is 1.30 bits per heavy atom. The van der Waals surface area contributed by atoms with Gasteiger partial charge in [0.05, 0.1) is 13.5 Å². The Morgan fingerprint density at radius 3 is 2.35 bits per heavy atom. The van der Waals surface area contributed by atoms with Gasteiger partial charge in [-0.3, -0.25) is 9.69 Å². The first-order chi connectivity index (χ1) is 9.12. The van der Waals surface area contributed by atoms with Gasteiger partial charge in [-0.2, -0.15) is 0 Å². The lowest BCUT2D eigenvalue weighted by molar-refractivity contribution is -0.157. The Bertz CT molecular complexity index is 414. The van der Waals surface area contributed by atoms with Crippen LogP contribution < -0.4 is 0 Å². The molecule has 0 spiro atoms. The summed E-state index contributed by atoms with van der Waals surface area (Å²) in [5.41, 5.74) is -2.30. The zero-order valence-electron chi connectivity index (χ0n) is 12.3. The number of esters is 1. The number of hydrogen-bond acceptors (Lipinski definition) is 5. The molecule has 1 aliphatic heterocycles. The van der Waals surface area contributed by atoms with Crippen molar-refractivity contribution >= 4 is 18.0 Å². The van der Waals surface area contributed by atoms with Crippen LogP contribution >= 0.6 is 0 Å².